The maximum atomic E-state index is 11.6. The fourth-order valence-corrected chi connectivity index (χ4v) is 1.86. The van der Waals surface area contributed by atoms with Crippen molar-refractivity contribution in [3.05, 3.63) is 0 Å². The average Bonchev–Trinajstić information content (AvgIpc) is 2.43. The van der Waals surface area contributed by atoms with E-state index >= 15 is 0 Å². The van der Waals surface area contributed by atoms with Crippen LogP contribution in [0.3, 0.4) is 0 Å². The number of hydrogen-bond acceptors (Lipinski definition) is 5. The maximum absolute atomic E-state index is 11.6. The van der Waals surface area contributed by atoms with E-state index in [0.717, 1.165) is 12.8 Å². The number of amides is 2. The van der Waals surface area contributed by atoms with Crippen LogP contribution < -0.4 is 16.0 Å². The zero-order valence-electron chi connectivity index (χ0n) is 13.7. The molecule has 0 radical (unpaired) electrons. The van der Waals surface area contributed by atoms with Crippen LogP contribution >= 0.6 is 0 Å². The molecule has 0 aliphatic heterocycles. The van der Waals surface area contributed by atoms with Gasteiger partial charge in [-0.25, -0.2) is 0 Å². The number of hydrogen-bond donors (Lipinski definition) is 3. The van der Waals surface area contributed by atoms with E-state index in [1.807, 2.05) is 0 Å². The number of ketones is 2. The topological polar surface area (TPSA) is 104 Å². The maximum Gasteiger partial charge on any atom is 0.233 e. The second-order valence-electron chi connectivity index (χ2n) is 5.31. The van der Waals surface area contributed by atoms with Crippen LogP contribution in [0, 0.1) is 0 Å². The summed E-state index contributed by atoms with van der Waals surface area (Å²) in [5.74, 6) is -0.497. The monoisotopic (exact) mass is 313 g/mol. The van der Waals surface area contributed by atoms with Crippen molar-refractivity contribution in [3.8, 4) is 0 Å². The summed E-state index contributed by atoms with van der Waals surface area (Å²) < 4.78 is 0. The molecule has 0 saturated carbocycles. The van der Waals surface area contributed by atoms with Gasteiger partial charge in [0.05, 0.1) is 12.6 Å². The smallest absolute Gasteiger partial charge is 0.233 e. The third-order valence-electron chi connectivity index (χ3n) is 3.11. The molecule has 0 heterocycles. The molecule has 0 aliphatic carbocycles. The second kappa shape index (κ2) is 11.9. The minimum Gasteiger partial charge on any atom is -0.355 e. The Bertz CT molecular complexity index is 396. The minimum atomic E-state index is -0.521. The largest absolute Gasteiger partial charge is 0.355 e. The van der Waals surface area contributed by atoms with Crippen LogP contribution in [0.2, 0.25) is 0 Å². The number of nitrogens with one attached hydrogen (secondary N) is 3. The van der Waals surface area contributed by atoms with E-state index in [-0.39, 0.29) is 42.8 Å². The minimum absolute atomic E-state index is 0.0492. The van der Waals surface area contributed by atoms with Gasteiger partial charge in [-0.05, 0) is 40.2 Å². The molecular formula is C15H27N3O4. The van der Waals surface area contributed by atoms with E-state index in [1.165, 1.54) is 13.8 Å². The Morgan fingerprint density at radius 3 is 2.18 bits per heavy atom. The molecular weight excluding hydrogens is 286 g/mol. The van der Waals surface area contributed by atoms with Gasteiger partial charge in [0.2, 0.25) is 11.8 Å². The Hall–Kier alpha value is -1.76. The highest BCUT2D eigenvalue weighted by atomic mass is 16.2. The van der Waals surface area contributed by atoms with E-state index in [2.05, 4.69) is 16.0 Å². The van der Waals surface area contributed by atoms with Crippen molar-refractivity contribution in [2.45, 2.75) is 52.0 Å². The first-order chi connectivity index (χ1) is 10.4. The van der Waals surface area contributed by atoms with Gasteiger partial charge in [0.1, 0.15) is 5.78 Å². The fourth-order valence-electron chi connectivity index (χ4n) is 1.86. The predicted octanol–water partition coefficient (Wildman–Crippen LogP) is -0.0647. The standard InChI is InChI=1S/C15H27N3O4/c1-11(19)7-8-14(21)18-13(12(2)20)6-4-5-9-17-15(22)10-16-3/h13,16H,4-10H2,1-3H3,(H,17,22)(H,18,21). The number of carbonyl (C=O) groups is 4. The van der Waals surface area contributed by atoms with Crippen LogP contribution in [0.25, 0.3) is 0 Å². The molecule has 0 aromatic heterocycles. The Kier molecular flexibility index (Phi) is 10.9. The summed E-state index contributed by atoms with van der Waals surface area (Å²) >= 11 is 0. The molecule has 1 atom stereocenters. The summed E-state index contributed by atoms with van der Waals surface area (Å²) in [4.78, 5) is 45.2. The number of carbonyl (C=O) groups excluding carboxylic acids is 4. The molecule has 0 fully saturated rings. The van der Waals surface area contributed by atoms with E-state index in [9.17, 15) is 19.2 Å². The third kappa shape index (κ3) is 11.0. The highest BCUT2D eigenvalue weighted by Gasteiger charge is 2.16. The first kappa shape index (κ1) is 20.2. The van der Waals surface area contributed by atoms with Gasteiger partial charge in [-0.15, -0.1) is 0 Å². The molecule has 1 unspecified atom stereocenters. The molecule has 7 heteroatoms. The summed E-state index contributed by atoms with van der Waals surface area (Å²) in [5, 5.41) is 8.16. The molecule has 0 saturated heterocycles. The van der Waals surface area contributed by atoms with Crippen LogP contribution in [0.15, 0.2) is 0 Å². The van der Waals surface area contributed by atoms with E-state index < -0.39 is 6.04 Å². The Morgan fingerprint density at radius 2 is 1.64 bits per heavy atom. The van der Waals surface area contributed by atoms with Gasteiger partial charge in [0, 0.05) is 19.4 Å². The van der Waals surface area contributed by atoms with E-state index in [1.54, 1.807) is 7.05 Å². The van der Waals surface area contributed by atoms with Gasteiger partial charge in [0.15, 0.2) is 5.78 Å². The lowest BCUT2D eigenvalue weighted by atomic mass is 10.1. The lowest BCUT2D eigenvalue weighted by Gasteiger charge is -2.15. The number of Topliss-reactive ketones (excluding diaryl/α,β-unsaturated/α-hetero) is 2. The van der Waals surface area contributed by atoms with Crippen molar-refractivity contribution in [2.24, 2.45) is 0 Å². The average molecular weight is 313 g/mol. The quantitative estimate of drug-likeness (QED) is 0.438. The summed E-state index contributed by atoms with van der Waals surface area (Å²) in [7, 11) is 1.70. The van der Waals surface area contributed by atoms with Crippen molar-refractivity contribution >= 4 is 23.4 Å². The SMILES string of the molecule is CNCC(=O)NCCCCC(NC(=O)CCC(C)=O)C(C)=O. The van der Waals surface area contributed by atoms with Gasteiger partial charge in [0.25, 0.3) is 0 Å². The van der Waals surface area contributed by atoms with Crippen LogP contribution in [0.4, 0.5) is 0 Å². The fraction of sp³-hybridized carbons (Fsp3) is 0.733. The zero-order chi connectivity index (χ0) is 17.0. The van der Waals surface area contributed by atoms with Crippen LogP contribution in [-0.4, -0.2) is 49.6 Å². The molecule has 22 heavy (non-hydrogen) atoms. The third-order valence-corrected chi connectivity index (χ3v) is 3.11. The summed E-state index contributed by atoms with van der Waals surface area (Å²) in [6, 6.07) is -0.521. The van der Waals surface area contributed by atoms with E-state index in [0.29, 0.717) is 13.0 Å². The van der Waals surface area contributed by atoms with Gasteiger partial charge in [-0.1, -0.05) is 0 Å². The Morgan fingerprint density at radius 1 is 0.955 bits per heavy atom. The van der Waals surface area contributed by atoms with Gasteiger partial charge in [-0.3, -0.25) is 14.4 Å². The molecule has 2 amide bonds. The van der Waals surface area contributed by atoms with Crippen molar-refractivity contribution in [1.29, 1.82) is 0 Å². The van der Waals surface area contributed by atoms with Crippen LogP contribution in [0.1, 0.15) is 46.0 Å². The number of likely N-dealkylation sites (N-methyl/N-ethyl adjacent to an activating group) is 1. The zero-order valence-corrected chi connectivity index (χ0v) is 13.7. The first-order valence-corrected chi connectivity index (χ1v) is 7.57. The molecule has 0 rings (SSSR count). The lowest BCUT2D eigenvalue weighted by molar-refractivity contribution is -0.128. The van der Waals surface area contributed by atoms with Crippen molar-refractivity contribution in [3.63, 3.8) is 0 Å². The molecule has 0 aromatic carbocycles. The highest BCUT2D eigenvalue weighted by molar-refractivity contribution is 5.89. The second-order valence-corrected chi connectivity index (χ2v) is 5.31. The molecule has 7 nitrogen and oxygen atoms in total. The Balaban J connectivity index is 3.95. The van der Waals surface area contributed by atoms with Gasteiger partial charge >= 0.3 is 0 Å². The number of unbranched alkanes of at least 4 members (excludes halogenated alkanes) is 1. The number of rotatable bonds is 12. The van der Waals surface area contributed by atoms with Gasteiger partial charge in [-0.2, -0.15) is 0 Å². The molecule has 0 bridgehead atoms. The van der Waals surface area contributed by atoms with Crippen LogP contribution in [0.5, 0.6) is 0 Å². The molecule has 0 aromatic rings. The predicted molar refractivity (Wildman–Crippen MR) is 83.3 cm³/mol. The highest BCUT2D eigenvalue weighted by Crippen LogP contribution is 2.03. The Labute approximate surface area is 131 Å². The van der Waals surface area contributed by atoms with Crippen molar-refractivity contribution in [1.82, 2.24) is 16.0 Å². The first-order valence-electron chi connectivity index (χ1n) is 7.57. The normalized spacial score (nSPS) is 11.6. The summed E-state index contributed by atoms with van der Waals surface area (Å²) in [6.45, 7) is 3.69. The lowest BCUT2D eigenvalue weighted by Crippen LogP contribution is -2.40. The summed E-state index contributed by atoms with van der Waals surface area (Å²) in [6.07, 6.45) is 2.29. The molecule has 0 aliphatic rings. The summed E-state index contributed by atoms with van der Waals surface area (Å²) in [5.41, 5.74) is 0. The molecule has 3 N–H and O–H groups in total. The van der Waals surface area contributed by atoms with Gasteiger partial charge < -0.3 is 20.7 Å². The molecule has 126 valence electrons. The van der Waals surface area contributed by atoms with E-state index in [4.69, 9.17) is 0 Å². The van der Waals surface area contributed by atoms with Crippen molar-refractivity contribution < 1.29 is 19.2 Å². The van der Waals surface area contributed by atoms with Crippen LogP contribution in [-0.2, 0) is 19.2 Å². The molecule has 0 spiro atoms. The van der Waals surface area contributed by atoms with Crippen molar-refractivity contribution in [2.75, 3.05) is 20.1 Å².